The molecule has 0 aliphatic rings. The van der Waals surface area contributed by atoms with Gasteiger partial charge in [0.1, 0.15) is 11.7 Å². The van der Waals surface area contributed by atoms with Gasteiger partial charge in [0.2, 0.25) is 0 Å². The van der Waals surface area contributed by atoms with Crippen molar-refractivity contribution < 1.29 is 9.53 Å². The van der Waals surface area contributed by atoms with Gasteiger partial charge in [-0.1, -0.05) is 40.0 Å². The molecule has 9 heteroatoms. The molecule has 0 fully saturated rings. The van der Waals surface area contributed by atoms with E-state index in [1.54, 1.807) is 19.1 Å². The third-order valence-corrected chi connectivity index (χ3v) is 3.68. The molecule has 1 aromatic heterocycles. The van der Waals surface area contributed by atoms with Crippen molar-refractivity contribution in [3.05, 3.63) is 49.6 Å². The van der Waals surface area contributed by atoms with Crippen molar-refractivity contribution in [2.45, 2.75) is 13.5 Å². The normalized spacial score (nSPS) is 10.5. The monoisotopic (exact) mass is 361 g/mol. The van der Waals surface area contributed by atoms with Gasteiger partial charge in [-0.15, -0.1) is 0 Å². The zero-order valence-corrected chi connectivity index (χ0v) is 13.6. The molecule has 0 spiro atoms. The summed E-state index contributed by atoms with van der Waals surface area (Å²) in [4.78, 5) is 22.5. The molecule has 0 unspecified atom stereocenters. The first-order valence-corrected chi connectivity index (χ1v) is 7.32. The van der Waals surface area contributed by atoms with Crippen LogP contribution in [0.2, 0.25) is 15.2 Å². The third kappa shape index (κ3) is 3.24. The molecule has 0 radical (unpaired) electrons. The van der Waals surface area contributed by atoms with Crippen LogP contribution in [0.15, 0.2) is 23.4 Å². The highest BCUT2D eigenvalue weighted by molar-refractivity contribution is 6.36. The average Bonchev–Trinajstić information content (AvgIpc) is 2.78. The summed E-state index contributed by atoms with van der Waals surface area (Å²) in [6, 6.07) is 4.71. The van der Waals surface area contributed by atoms with E-state index in [0.717, 1.165) is 0 Å². The molecule has 6 nitrogen and oxygen atoms in total. The summed E-state index contributed by atoms with van der Waals surface area (Å²) >= 11 is 18.2. The van der Waals surface area contributed by atoms with Crippen LogP contribution in [0.25, 0.3) is 5.69 Å². The maximum absolute atomic E-state index is 11.9. The highest BCUT2D eigenvalue weighted by Gasteiger charge is 2.24. The van der Waals surface area contributed by atoms with E-state index in [0.29, 0.717) is 10.7 Å². The smallest absolute Gasteiger partial charge is 0.359 e. The van der Waals surface area contributed by atoms with Crippen molar-refractivity contribution in [3.63, 3.8) is 0 Å². The molecule has 22 heavy (non-hydrogen) atoms. The highest BCUT2D eigenvalue weighted by Crippen LogP contribution is 2.30. The van der Waals surface area contributed by atoms with Crippen LogP contribution in [0.4, 0.5) is 0 Å². The average molecular weight is 363 g/mol. The lowest BCUT2D eigenvalue weighted by molar-refractivity contribution is 0.0517. The minimum absolute atomic E-state index is 0.0619. The van der Waals surface area contributed by atoms with Crippen molar-refractivity contribution in [2.75, 3.05) is 6.61 Å². The zero-order chi connectivity index (χ0) is 16.3. The molecule has 2 aromatic rings. The Morgan fingerprint density at radius 3 is 2.68 bits per heavy atom. The largest absolute Gasteiger partial charge is 0.461 e. The number of rotatable bonds is 5. The molecule has 0 saturated heterocycles. The van der Waals surface area contributed by atoms with Gasteiger partial charge in [0.25, 0.3) is 0 Å². The molecule has 0 aliphatic heterocycles. The second-order valence-electron chi connectivity index (χ2n) is 4.13. The molecule has 0 N–H and O–H groups in total. The van der Waals surface area contributed by atoms with Gasteiger partial charge in [0.15, 0.2) is 5.69 Å². The Hall–Kier alpha value is -1.63. The lowest BCUT2D eigenvalue weighted by atomic mass is 10.2. The number of carbonyl (C=O) groups is 1. The molecule has 0 aliphatic carbocycles. The highest BCUT2D eigenvalue weighted by atomic mass is 35.5. The number of nitrogens with zero attached hydrogens (tertiary/aromatic N) is 3. The van der Waals surface area contributed by atoms with E-state index in [1.807, 2.05) is 0 Å². The summed E-state index contributed by atoms with van der Waals surface area (Å²) in [5.41, 5.74) is 0.525. The first kappa shape index (κ1) is 16.7. The lowest BCUT2D eigenvalue weighted by Crippen LogP contribution is -2.08. The minimum Gasteiger partial charge on any atom is -0.461 e. The van der Waals surface area contributed by atoms with E-state index in [9.17, 15) is 9.70 Å². The first-order valence-electron chi connectivity index (χ1n) is 6.18. The van der Waals surface area contributed by atoms with Crippen molar-refractivity contribution in [3.8, 4) is 5.69 Å². The number of nitroso groups, excluding NO2 is 1. The second-order valence-corrected chi connectivity index (χ2v) is 5.33. The molecule has 1 heterocycles. The van der Waals surface area contributed by atoms with Crippen molar-refractivity contribution in [1.29, 1.82) is 0 Å². The molecule has 2 rings (SSSR count). The predicted octanol–water partition coefficient (Wildman–Crippen LogP) is 4.28. The second kappa shape index (κ2) is 7.09. The van der Waals surface area contributed by atoms with Gasteiger partial charge in [-0.25, -0.2) is 9.48 Å². The van der Waals surface area contributed by atoms with E-state index in [4.69, 9.17) is 39.5 Å². The predicted molar refractivity (Wildman–Crippen MR) is 84.0 cm³/mol. The minimum atomic E-state index is -0.688. The Bertz CT molecular complexity index is 731. The fourth-order valence-corrected chi connectivity index (χ4v) is 2.58. The summed E-state index contributed by atoms with van der Waals surface area (Å²) in [7, 11) is 0. The molecule has 0 amide bonds. The van der Waals surface area contributed by atoms with Crippen LogP contribution in [0.3, 0.4) is 0 Å². The van der Waals surface area contributed by atoms with E-state index in [2.05, 4.69) is 10.3 Å². The molecule has 1 aromatic carbocycles. The number of aromatic nitrogens is 2. The summed E-state index contributed by atoms with van der Waals surface area (Å²) in [5.74, 6) is -0.688. The van der Waals surface area contributed by atoms with Crippen LogP contribution in [-0.2, 0) is 11.3 Å². The fourth-order valence-electron chi connectivity index (χ4n) is 1.81. The topological polar surface area (TPSA) is 73.5 Å². The molecule has 0 atom stereocenters. The van der Waals surface area contributed by atoms with Gasteiger partial charge in [-0.05, 0) is 25.1 Å². The van der Waals surface area contributed by atoms with Crippen molar-refractivity contribution >= 4 is 40.8 Å². The summed E-state index contributed by atoms with van der Waals surface area (Å²) in [6.07, 6.45) is 0. The SMILES string of the molecule is CCOC(=O)c1nn(-c2ccc(Cl)cc2Cl)c(Cl)c1CN=O. The van der Waals surface area contributed by atoms with Gasteiger partial charge in [-0.3, -0.25) is 0 Å². The van der Waals surface area contributed by atoms with Crippen LogP contribution in [-0.4, -0.2) is 22.4 Å². The Balaban J connectivity index is 2.59. The van der Waals surface area contributed by atoms with Gasteiger partial charge >= 0.3 is 5.97 Å². The van der Waals surface area contributed by atoms with Crippen LogP contribution in [0.1, 0.15) is 23.0 Å². The fraction of sp³-hybridized carbons (Fsp3) is 0.231. The first-order chi connectivity index (χ1) is 10.5. The zero-order valence-electron chi connectivity index (χ0n) is 11.3. The van der Waals surface area contributed by atoms with E-state index < -0.39 is 5.97 Å². The standard InChI is InChI=1S/C13H10Cl3N3O3/c1-2-22-13(20)11-8(6-17-21)12(16)19(18-11)10-4-3-7(14)5-9(10)15/h3-5H,2,6H2,1H3. The summed E-state index contributed by atoms with van der Waals surface area (Å²) < 4.78 is 6.14. The third-order valence-electron chi connectivity index (χ3n) is 2.75. The molecule has 116 valence electrons. The summed E-state index contributed by atoms with van der Waals surface area (Å²) in [6.45, 7) is 1.52. The van der Waals surface area contributed by atoms with Gasteiger partial charge in [0.05, 0.1) is 17.3 Å². The van der Waals surface area contributed by atoms with Crippen molar-refractivity contribution in [1.82, 2.24) is 9.78 Å². The number of hydrogen-bond donors (Lipinski definition) is 0. The van der Waals surface area contributed by atoms with Crippen LogP contribution in [0.5, 0.6) is 0 Å². The van der Waals surface area contributed by atoms with E-state index >= 15 is 0 Å². The number of hydrogen-bond acceptors (Lipinski definition) is 5. The van der Waals surface area contributed by atoms with Gasteiger partial charge in [0, 0.05) is 10.6 Å². The number of carbonyl (C=O) groups excluding carboxylic acids is 1. The quantitative estimate of drug-likeness (QED) is 0.588. The van der Waals surface area contributed by atoms with Crippen LogP contribution >= 0.6 is 34.8 Å². The van der Waals surface area contributed by atoms with E-state index in [-0.39, 0.29) is 34.6 Å². The summed E-state index contributed by atoms with van der Waals surface area (Å²) in [5, 5.41) is 7.65. The molecule has 0 saturated carbocycles. The molecular weight excluding hydrogens is 353 g/mol. The lowest BCUT2D eigenvalue weighted by Gasteiger charge is -2.06. The van der Waals surface area contributed by atoms with Crippen molar-refractivity contribution in [2.24, 2.45) is 5.18 Å². The van der Waals surface area contributed by atoms with Gasteiger partial charge < -0.3 is 4.74 Å². The maximum Gasteiger partial charge on any atom is 0.359 e. The Morgan fingerprint density at radius 1 is 1.36 bits per heavy atom. The molecule has 0 bridgehead atoms. The number of ether oxygens (including phenoxy) is 1. The van der Waals surface area contributed by atoms with E-state index in [1.165, 1.54) is 10.7 Å². The molecular formula is C13H10Cl3N3O3. The van der Waals surface area contributed by atoms with Crippen LogP contribution < -0.4 is 0 Å². The Labute approximate surface area is 140 Å². The van der Waals surface area contributed by atoms with Gasteiger partial charge in [-0.2, -0.15) is 10.0 Å². The Kier molecular flexibility index (Phi) is 5.39. The maximum atomic E-state index is 11.9. The Morgan fingerprint density at radius 2 is 2.09 bits per heavy atom. The number of halogens is 3. The number of benzene rings is 1. The van der Waals surface area contributed by atoms with Crippen LogP contribution in [0, 0.1) is 4.91 Å². The number of esters is 1.